The second-order valence-electron chi connectivity index (χ2n) is 5.71. The van der Waals surface area contributed by atoms with Crippen LogP contribution in [0.15, 0.2) is 47.8 Å². The van der Waals surface area contributed by atoms with E-state index in [0.29, 0.717) is 16.9 Å². The number of hydrogen-bond acceptors (Lipinski definition) is 5. The van der Waals surface area contributed by atoms with Gasteiger partial charge in [0, 0.05) is 31.2 Å². The summed E-state index contributed by atoms with van der Waals surface area (Å²) in [5, 5.41) is 1.39. The summed E-state index contributed by atoms with van der Waals surface area (Å²) in [5.74, 6) is 1.28. The lowest BCUT2D eigenvalue weighted by atomic mass is 9.99. The Labute approximate surface area is 151 Å². The molecule has 0 unspecified atom stereocenters. The Morgan fingerprint density at radius 2 is 1.77 bits per heavy atom. The van der Waals surface area contributed by atoms with Crippen molar-refractivity contribution in [2.45, 2.75) is 0 Å². The van der Waals surface area contributed by atoms with Gasteiger partial charge in [-0.2, -0.15) is 0 Å². The Bertz CT molecular complexity index is 1010. The summed E-state index contributed by atoms with van der Waals surface area (Å²) >= 11 is 0. The molecular formula is C20H20N2O4. The highest BCUT2D eigenvalue weighted by Crippen LogP contribution is 2.37. The molecule has 0 fully saturated rings. The fourth-order valence-electron chi connectivity index (χ4n) is 2.94. The predicted molar refractivity (Wildman–Crippen MR) is 102 cm³/mol. The van der Waals surface area contributed by atoms with Crippen molar-refractivity contribution < 1.29 is 14.2 Å². The van der Waals surface area contributed by atoms with E-state index in [1.54, 1.807) is 57.7 Å². The lowest BCUT2D eigenvalue weighted by Gasteiger charge is -2.15. The van der Waals surface area contributed by atoms with E-state index in [1.165, 1.54) is 0 Å². The third kappa shape index (κ3) is 3.01. The van der Waals surface area contributed by atoms with Crippen molar-refractivity contribution in [3.8, 4) is 22.6 Å². The first kappa shape index (κ1) is 17.5. The molecule has 26 heavy (non-hydrogen) atoms. The van der Waals surface area contributed by atoms with Crippen LogP contribution in [-0.2, 0) is 11.8 Å². The molecule has 0 N–H and O–H groups in total. The number of rotatable bonds is 5. The second kappa shape index (κ2) is 7.31. The summed E-state index contributed by atoms with van der Waals surface area (Å²) in [6.45, 7) is 0. The minimum absolute atomic E-state index is 0.0876. The molecule has 0 saturated carbocycles. The molecule has 0 aliphatic heterocycles. The van der Waals surface area contributed by atoms with Crippen LogP contribution >= 0.6 is 0 Å². The van der Waals surface area contributed by atoms with Crippen molar-refractivity contribution in [2.75, 3.05) is 21.3 Å². The zero-order chi connectivity index (χ0) is 18.7. The van der Waals surface area contributed by atoms with Gasteiger partial charge in [-0.3, -0.25) is 9.78 Å². The van der Waals surface area contributed by atoms with Gasteiger partial charge in [-0.25, -0.2) is 0 Å². The summed E-state index contributed by atoms with van der Waals surface area (Å²) in [6.07, 6.45) is 8.42. The lowest BCUT2D eigenvalue weighted by Crippen LogP contribution is -2.16. The zero-order valence-corrected chi connectivity index (χ0v) is 15.1. The minimum Gasteiger partial charge on any atom is -0.504 e. The molecule has 0 bridgehead atoms. The van der Waals surface area contributed by atoms with Gasteiger partial charge in [0.2, 0.25) is 0 Å². The molecule has 2 aromatic heterocycles. The van der Waals surface area contributed by atoms with Crippen molar-refractivity contribution in [3.05, 3.63) is 59.0 Å². The number of ether oxygens (including phenoxy) is 3. The maximum Gasteiger partial charge on any atom is 0.259 e. The molecule has 0 aliphatic rings. The average Bonchev–Trinajstić information content (AvgIpc) is 2.68. The highest BCUT2D eigenvalue weighted by atomic mass is 16.5. The number of benzene rings is 1. The third-order valence-electron chi connectivity index (χ3n) is 4.21. The first-order valence-electron chi connectivity index (χ1n) is 7.99. The molecule has 3 aromatic rings. The van der Waals surface area contributed by atoms with Crippen molar-refractivity contribution in [1.29, 1.82) is 0 Å². The number of fused-ring (bicyclic) bond motifs is 1. The Morgan fingerprint density at radius 1 is 1.08 bits per heavy atom. The maximum absolute atomic E-state index is 12.4. The van der Waals surface area contributed by atoms with Crippen LogP contribution in [0.1, 0.15) is 5.56 Å². The largest absolute Gasteiger partial charge is 0.504 e. The third-order valence-corrected chi connectivity index (χ3v) is 4.21. The van der Waals surface area contributed by atoms with Crippen LogP contribution in [0.2, 0.25) is 0 Å². The van der Waals surface area contributed by atoms with E-state index in [4.69, 9.17) is 14.2 Å². The standard InChI is InChI=1S/C20H20N2O4/c1-22-12-17(14-5-7-21-11-16(14)20(22)23)13-9-18(25-3)15(6-8-24-2)19(10-13)26-4/h5-12H,1-4H3. The van der Waals surface area contributed by atoms with Gasteiger partial charge in [-0.05, 0) is 35.2 Å². The Hall–Kier alpha value is -3.28. The van der Waals surface area contributed by atoms with E-state index in [9.17, 15) is 4.79 Å². The fraction of sp³-hybridized carbons (Fsp3) is 0.200. The molecule has 1 aromatic carbocycles. The van der Waals surface area contributed by atoms with Gasteiger partial charge in [-0.1, -0.05) is 0 Å². The monoisotopic (exact) mass is 352 g/mol. The highest BCUT2D eigenvalue weighted by molar-refractivity contribution is 5.96. The molecule has 6 heteroatoms. The number of methoxy groups -OCH3 is 3. The van der Waals surface area contributed by atoms with Crippen LogP contribution in [0, 0.1) is 0 Å². The average molecular weight is 352 g/mol. The summed E-state index contributed by atoms with van der Waals surface area (Å²) in [4.78, 5) is 16.5. The van der Waals surface area contributed by atoms with E-state index < -0.39 is 0 Å². The van der Waals surface area contributed by atoms with Crippen LogP contribution in [0.25, 0.3) is 28.0 Å². The highest BCUT2D eigenvalue weighted by Gasteiger charge is 2.15. The molecule has 6 nitrogen and oxygen atoms in total. The van der Waals surface area contributed by atoms with Gasteiger partial charge in [0.15, 0.2) is 0 Å². The van der Waals surface area contributed by atoms with Gasteiger partial charge in [0.25, 0.3) is 5.56 Å². The van der Waals surface area contributed by atoms with Gasteiger partial charge in [0.05, 0.1) is 38.5 Å². The Balaban J connectivity index is 2.32. The SMILES string of the molecule is COC=Cc1c(OC)cc(-c2cn(C)c(=O)c3cnccc23)cc1OC. The molecule has 3 rings (SSSR count). The van der Waals surface area contributed by atoms with Crippen molar-refractivity contribution in [3.63, 3.8) is 0 Å². The van der Waals surface area contributed by atoms with E-state index in [0.717, 1.165) is 22.1 Å². The molecule has 0 spiro atoms. The topological polar surface area (TPSA) is 62.6 Å². The predicted octanol–water partition coefficient (Wildman–Crippen LogP) is 3.23. The zero-order valence-electron chi connectivity index (χ0n) is 15.1. The normalized spacial score (nSPS) is 11.1. The van der Waals surface area contributed by atoms with Crippen LogP contribution in [0.4, 0.5) is 0 Å². The van der Waals surface area contributed by atoms with Crippen LogP contribution < -0.4 is 15.0 Å². The number of aryl methyl sites for hydroxylation is 1. The van der Waals surface area contributed by atoms with E-state index in [-0.39, 0.29) is 5.56 Å². The Kier molecular flexibility index (Phi) is 4.93. The molecule has 0 saturated heterocycles. The molecule has 0 aliphatic carbocycles. The van der Waals surface area contributed by atoms with Gasteiger partial charge >= 0.3 is 0 Å². The second-order valence-corrected chi connectivity index (χ2v) is 5.71. The summed E-state index contributed by atoms with van der Waals surface area (Å²) < 4.78 is 17.7. The first-order valence-corrected chi connectivity index (χ1v) is 7.99. The number of nitrogens with zero attached hydrogens (tertiary/aromatic N) is 2. The molecule has 0 radical (unpaired) electrons. The molecule has 2 heterocycles. The minimum atomic E-state index is -0.0876. The van der Waals surface area contributed by atoms with Crippen LogP contribution in [-0.4, -0.2) is 30.9 Å². The summed E-state index contributed by atoms with van der Waals surface area (Å²) in [5.41, 5.74) is 2.45. The van der Waals surface area contributed by atoms with Crippen LogP contribution in [0.5, 0.6) is 11.5 Å². The van der Waals surface area contributed by atoms with Crippen molar-refractivity contribution in [1.82, 2.24) is 9.55 Å². The number of hydrogen-bond donors (Lipinski definition) is 0. The molecule has 0 amide bonds. The Morgan fingerprint density at radius 3 is 2.38 bits per heavy atom. The van der Waals surface area contributed by atoms with Crippen LogP contribution in [0.3, 0.4) is 0 Å². The lowest BCUT2D eigenvalue weighted by molar-refractivity contribution is 0.340. The summed E-state index contributed by atoms with van der Waals surface area (Å²) in [7, 11) is 6.51. The quantitative estimate of drug-likeness (QED) is 0.660. The van der Waals surface area contributed by atoms with Gasteiger partial charge < -0.3 is 18.8 Å². The molecule has 134 valence electrons. The summed E-state index contributed by atoms with van der Waals surface area (Å²) in [6, 6.07) is 5.67. The molecular weight excluding hydrogens is 332 g/mol. The number of pyridine rings is 2. The first-order chi connectivity index (χ1) is 12.6. The van der Waals surface area contributed by atoms with E-state index in [2.05, 4.69) is 4.98 Å². The van der Waals surface area contributed by atoms with E-state index >= 15 is 0 Å². The van der Waals surface area contributed by atoms with Gasteiger partial charge in [-0.15, -0.1) is 0 Å². The maximum atomic E-state index is 12.4. The molecule has 0 atom stereocenters. The van der Waals surface area contributed by atoms with Gasteiger partial charge in [0.1, 0.15) is 11.5 Å². The fourth-order valence-corrected chi connectivity index (χ4v) is 2.94. The smallest absolute Gasteiger partial charge is 0.259 e. The van der Waals surface area contributed by atoms with E-state index in [1.807, 2.05) is 24.4 Å². The van der Waals surface area contributed by atoms with Crippen molar-refractivity contribution >= 4 is 16.8 Å². The number of aromatic nitrogens is 2. The van der Waals surface area contributed by atoms with Crippen molar-refractivity contribution in [2.24, 2.45) is 7.05 Å².